The molecule has 0 atom stereocenters. The molecule has 6 heteroatoms. The smallest absolute Gasteiger partial charge is 0.240 e. The summed E-state index contributed by atoms with van der Waals surface area (Å²) in [6.07, 6.45) is 1.65. The fraction of sp³-hybridized carbons (Fsp3) is 0.211. The van der Waals surface area contributed by atoms with Gasteiger partial charge in [-0.15, -0.1) is 0 Å². The van der Waals surface area contributed by atoms with Crippen molar-refractivity contribution >= 4 is 35.3 Å². The van der Waals surface area contributed by atoms with E-state index in [-0.39, 0.29) is 24.7 Å². The minimum absolute atomic E-state index is 0.0591. The lowest BCUT2D eigenvalue weighted by Crippen LogP contribution is -2.21. The number of hydrogen-bond donors (Lipinski definition) is 2. The van der Waals surface area contributed by atoms with E-state index in [1.54, 1.807) is 18.2 Å². The number of benzene rings is 2. The second kappa shape index (κ2) is 8.99. The summed E-state index contributed by atoms with van der Waals surface area (Å²) in [6.45, 7) is 3.93. The molecule has 2 amide bonds. The van der Waals surface area contributed by atoms with E-state index in [4.69, 9.17) is 11.6 Å². The number of hydrogen-bond acceptors (Lipinski definition) is 3. The van der Waals surface area contributed by atoms with Crippen LogP contribution in [0.2, 0.25) is 5.02 Å². The largest absolute Gasteiger partial charge is 0.326 e. The number of hydrazone groups is 1. The Bertz CT molecular complexity index is 803. The second-order valence-electron chi connectivity index (χ2n) is 5.64. The molecule has 0 radical (unpaired) electrons. The van der Waals surface area contributed by atoms with Gasteiger partial charge in [-0.1, -0.05) is 35.9 Å². The average molecular weight is 358 g/mol. The molecule has 2 aromatic rings. The predicted molar refractivity (Wildman–Crippen MR) is 101 cm³/mol. The molecular weight excluding hydrogens is 338 g/mol. The van der Waals surface area contributed by atoms with Crippen molar-refractivity contribution in [2.45, 2.75) is 26.7 Å². The predicted octanol–water partition coefficient (Wildman–Crippen LogP) is 3.83. The normalized spacial score (nSPS) is 10.7. The number of carbonyl (C=O) groups excluding carboxylic acids is 2. The zero-order chi connectivity index (χ0) is 18.2. The minimum atomic E-state index is -0.325. The van der Waals surface area contributed by atoms with E-state index in [0.717, 1.165) is 22.4 Å². The maximum Gasteiger partial charge on any atom is 0.240 e. The Morgan fingerprint density at radius 3 is 2.56 bits per heavy atom. The summed E-state index contributed by atoms with van der Waals surface area (Å²) in [7, 11) is 0. The molecule has 0 aliphatic heterocycles. The zero-order valence-corrected chi connectivity index (χ0v) is 14.9. The van der Waals surface area contributed by atoms with Crippen molar-refractivity contribution in [1.29, 1.82) is 0 Å². The van der Waals surface area contributed by atoms with Crippen LogP contribution < -0.4 is 10.7 Å². The van der Waals surface area contributed by atoms with E-state index in [1.165, 1.54) is 6.21 Å². The molecule has 2 aromatic carbocycles. The van der Waals surface area contributed by atoms with Gasteiger partial charge in [-0.05, 0) is 48.7 Å². The maximum atomic E-state index is 12.0. The molecule has 0 aliphatic carbocycles. The molecule has 0 heterocycles. The maximum absolute atomic E-state index is 12.0. The van der Waals surface area contributed by atoms with Gasteiger partial charge >= 0.3 is 0 Å². The summed E-state index contributed by atoms with van der Waals surface area (Å²) in [4.78, 5) is 23.7. The highest BCUT2D eigenvalue weighted by molar-refractivity contribution is 6.30. The van der Waals surface area contributed by atoms with Crippen molar-refractivity contribution in [3.05, 3.63) is 64.2 Å². The summed E-state index contributed by atoms with van der Waals surface area (Å²) in [6, 6.07) is 12.8. The summed E-state index contributed by atoms with van der Waals surface area (Å²) in [5.74, 6) is -0.530. The molecular formula is C19H20ClN3O2. The number of carbonyl (C=O) groups is 2. The molecule has 0 saturated heterocycles. The Morgan fingerprint density at radius 1 is 1.08 bits per heavy atom. The van der Waals surface area contributed by atoms with Crippen molar-refractivity contribution in [3.8, 4) is 0 Å². The highest BCUT2D eigenvalue weighted by Gasteiger charge is 2.08. The number of nitrogens with one attached hydrogen (secondary N) is 2. The molecule has 0 aromatic heterocycles. The van der Waals surface area contributed by atoms with Gasteiger partial charge in [-0.3, -0.25) is 9.59 Å². The molecule has 0 spiro atoms. The molecule has 0 bridgehead atoms. The van der Waals surface area contributed by atoms with Crippen LogP contribution in [0.1, 0.15) is 29.5 Å². The Kier molecular flexibility index (Phi) is 6.71. The van der Waals surface area contributed by atoms with Crippen molar-refractivity contribution in [1.82, 2.24) is 5.43 Å². The summed E-state index contributed by atoms with van der Waals surface area (Å²) < 4.78 is 0. The second-order valence-corrected chi connectivity index (χ2v) is 6.08. The quantitative estimate of drug-likeness (QED) is 0.609. The van der Waals surface area contributed by atoms with Gasteiger partial charge in [-0.25, -0.2) is 5.43 Å². The molecule has 0 aliphatic rings. The first kappa shape index (κ1) is 18.7. The molecule has 2 rings (SSSR count). The van der Waals surface area contributed by atoms with E-state index in [9.17, 15) is 9.59 Å². The first-order chi connectivity index (χ1) is 12.0. The molecule has 0 saturated carbocycles. The summed E-state index contributed by atoms with van der Waals surface area (Å²) in [5.41, 5.74) is 6.07. The van der Waals surface area contributed by atoms with Crippen LogP contribution in [0.25, 0.3) is 0 Å². The van der Waals surface area contributed by atoms with E-state index >= 15 is 0 Å². The van der Waals surface area contributed by atoms with Crippen molar-refractivity contribution in [2.24, 2.45) is 5.10 Å². The van der Waals surface area contributed by atoms with Crippen LogP contribution in [0.15, 0.2) is 47.6 Å². The number of rotatable bonds is 6. The molecule has 130 valence electrons. The SMILES string of the molecule is Cc1cccc(NC(=O)CCC(=O)N/N=C\c2cccc(Cl)c2)c1C. The highest BCUT2D eigenvalue weighted by atomic mass is 35.5. The Balaban J connectivity index is 1.77. The van der Waals surface area contributed by atoms with E-state index in [2.05, 4.69) is 15.8 Å². The topological polar surface area (TPSA) is 70.6 Å². The van der Waals surface area contributed by atoms with Crippen LogP contribution in [-0.2, 0) is 9.59 Å². The van der Waals surface area contributed by atoms with Gasteiger partial charge < -0.3 is 5.32 Å². The van der Waals surface area contributed by atoms with Crippen molar-refractivity contribution in [3.63, 3.8) is 0 Å². The summed E-state index contributed by atoms with van der Waals surface area (Å²) in [5, 5.41) is 7.27. The number of aryl methyl sites for hydroxylation is 1. The first-order valence-corrected chi connectivity index (χ1v) is 8.27. The standard InChI is InChI=1S/C19H20ClN3O2/c1-13-5-3-8-17(14(13)2)22-18(24)9-10-19(25)23-21-12-15-6-4-7-16(20)11-15/h3-8,11-12H,9-10H2,1-2H3,(H,22,24)(H,23,25)/b21-12-. The highest BCUT2D eigenvalue weighted by Crippen LogP contribution is 2.18. The van der Waals surface area contributed by atoms with Crippen LogP contribution in [0.4, 0.5) is 5.69 Å². The molecule has 0 fully saturated rings. The van der Waals surface area contributed by atoms with Gasteiger partial charge in [0.1, 0.15) is 0 Å². The number of nitrogens with zero attached hydrogens (tertiary/aromatic N) is 1. The fourth-order valence-electron chi connectivity index (χ4n) is 2.15. The monoisotopic (exact) mass is 357 g/mol. The average Bonchev–Trinajstić information content (AvgIpc) is 2.57. The Morgan fingerprint density at radius 2 is 1.80 bits per heavy atom. The molecule has 5 nitrogen and oxygen atoms in total. The van der Waals surface area contributed by atoms with E-state index in [1.807, 2.05) is 38.1 Å². The third-order valence-corrected chi connectivity index (χ3v) is 3.94. The van der Waals surface area contributed by atoms with E-state index in [0.29, 0.717) is 5.02 Å². The third kappa shape index (κ3) is 6.04. The minimum Gasteiger partial charge on any atom is -0.326 e. The molecule has 25 heavy (non-hydrogen) atoms. The van der Waals surface area contributed by atoms with Gasteiger partial charge in [0, 0.05) is 23.6 Å². The lowest BCUT2D eigenvalue weighted by atomic mass is 10.1. The summed E-state index contributed by atoms with van der Waals surface area (Å²) >= 11 is 5.86. The Hall–Kier alpha value is -2.66. The molecule has 0 unspecified atom stereocenters. The Labute approximate surface area is 152 Å². The lowest BCUT2D eigenvalue weighted by molar-refractivity contribution is -0.124. The van der Waals surface area contributed by atoms with Gasteiger partial charge in [-0.2, -0.15) is 5.10 Å². The number of anilines is 1. The first-order valence-electron chi connectivity index (χ1n) is 7.89. The zero-order valence-electron chi connectivity index (χ0n) is 14.2. The number of amides is 2. The van der Waals surface area contributed by atoms with Crippen LogP contribution in [0, 0.1) is 13.8 Å². The van der Waals surface area contributed by atoms with Crippen LogP contribution in [0.5, 0.6) is 0 Å². The fourth-order valence-corrected chi connectivity index (χ4v) is 2.35. The van der Waals surface area contributed by atoms with Crippen molar-refractivity contribution < 1.29 is 9.59 Å². The third-order valence-electron chi connectivity index (χ3n) is 3.71. The van der Waals surface area contributed by atoms with E-state index < -0.39 is 0 Å². The van der Waals surface area contributed by atoms with Gasteiger partial charge in [0.05, 0.1) is 6.21 Å². The van der Waals surface area contributed by atoms with Gasteiger partial charge in [0.2, 0.25) is 11.8 Å². The van der Waals surface area contributed by atoms with Crippen LogP contribution in [0.3, 0.4) is 0 Å². The van der Waals surface area contributed by atoms with Gasteiger partial charge in [0.25, 0.3) is 0 Å². The van der Waals surface area contributed by atoms with Gasteiger partial charge in [0.15, 0.2) is 0 Å². The lowest BCUT2D eigenvalue weighted by Gasteiger charge is -2.10. The van der Waals surface area contributed by atoms with Crippen molar-refractivity contribution in [2.75, 3.05) is 5.32 Å². The van der Waals surface area contributed by atoms with Crippen LogP contribution in [-0.4, -0.2) is 18.0 Å². The molecule has 2 N–H and O–H groups in total. The number of halogens is 1. The van der Waals surface area contributed by atoms with Crippen LogP contribution >= 0.6 is 11.6 Å².